The number of aromatic nitrogens is 1. The van der Waals surface area contributed by atoms with Gasteiger partial charge in [0.1, 0.15) is 11.8 Å². The maximum absolute atomic E-state index is 13.5. The van der Waals surface area contributed by atoms with Crippen molar-refractivity contribution in [3.8, 4) is 0 Å². The highest BCUT2D eigenvalue weighted by Gasteiger charge is 2.38. The molecule has 2 fully saturated rings. The fraction of sp³-hybridized carbons (Fsp3) is 0.727. The third-order valence-corrected chi connectivity index (χ3v) is 5.76. The van der Waals surface area contributed by atoms with Crippen LogP contribution < -0.4 is 4.90 Å². The lowest BCUT2D eigenvalue weighted by Crippen LogP contribution is -2.54. The third-order valence-electron chi connectivity index (χ3n) is 5.76. The lowest BCUT2D eigenvalue weighted by atomic mass is 10.1. The average Bonchev–Trinajstić information content (AvgIpc) is 2.68. The number of amides is 1. The van der Waals surface area contributed by atoms with Crippen molar-refractivity contribution in [3.05, 3.63) is 23.5 Å². The zero-order valence-corrected chi connectivity index (χ0v) is 19.1. The molecule has 32 heavy (non-hydrogen) atoms. The summed E-state index contributed by atoms with van der Waals surface area (Å²) in [5.41, 5.74) is -0.827. The molecule has 0 radical (unpaired) electrons. The van der Waals surface area contributed by atoms with Crippen LogP contribution in [-0.2, 0) is 17.5 Å². The van der Waals surface area contributed by atoms with Gasteiger partial charge in [-0.05, 0) is 52.2 Å². The normalized spacial score (nSPS) is 21.7. The lowest BCUT2D eigenvalue weighted by Gasteiger charge is -2.40. The van der Waals surface area contributed by atoms with Gasteiger partial charge in [0.2, 0.25) is 0 Å². The van der Waals surface area contributed by atoms with Gasteiger partial charge in [-0.2, -0.15) is 13.2 Å². The van der Waals surface area contributed by atoms with Crippen molar-refractivity contribution in [2.45, 2.75) is 71.1 Å². The number of nitrogens with zero attached hydrogens (tertiary/aromatic N) is 4. The van der Waals surface area contributed by atoms with Crippen LogP contribution >= 0.6 is 0 Å². The quantitative estimate of drug-likeness (QED) is 0.623. The van der Waals surface area contributed by atoms with E-state index in [1.165, 1.54) is 12.3 Å². The van der Waals surface area contributed by atoms with Crippen molar-refractivity contribution >= 4 is 11.8 Å². The van der Waals surface area contributed by atoms with Crippen LogP contribution in [0.2, 0.25) is 0 Å². The molecule has 1 unspecified atom stereocenters. The number of piperidine rings is 1. The SMILES string of the molecule is CC1CN(C(=O)OC(C)(C)C)CCN1Cc1cnc(C(F)(F)F)c(N2CCC(F)CC2)c1. The molecular weight excluding hydrogens is 428 g/mol. The Labute approximate surface area is 186 Å². The van der Waals surface area contributed by atoms with Gasteiger partial charge in [-0.3, -0.25) is 4.90 Å². The largest absolute Gasteiger partial charge is 0.444 e. The number of anilines is 1. The average molecular weight is 461 g/mol. The molecule has 0 aliphatic carbocycles. The second-order valence-electron chi connectivity index (χ2n) is 9.62. The minimum Gasteiger partial charge on any atom is -0.444 e. The number of piperazine rings is 1. The van der Waals surface area contributed by atoms with E-state index in [4.69, 9.17) is 4.74 Å². The van der Waals surface area contributed by atoms with E-state index in [-0.39, 0.29) is 43.8 Å². The van der Waals surface area contributed by atoms with E-state index in [1.54, 1.807) is 9.80 Å². The number of carbonyl (C=O) groups excluding carboxylic acids is 1. The van der Waals surface area contributed by atoms with Gasteiger partial charge in [-0.1, -0.05) is 0 Å². The monoisotopic (exact) mass is 460 g/mol. The molecule has 2 aliphatic heterocycles. The maximum atomic E-state index is 13.5. The van der Waals surface area contributed by atoms with Crippen LogP contribution in [0.15, 0.2) is 12.3 Å². The third kappa shape index (κ3) is 6.24. The van der Waals surface area contributed by atoms with Crippen LogP contribution in [0.4, 0.5) is 28.0 Å². The number of carbonyl (C=O) groups is 1. The van der Waals surface area contributed by atoms with Crippen molar-refractivity contribution < 1.29 is 27.1 Å². The minimum atomic E-state index is -4.58. The fourth-order valence-corrected chi connectivity index (χ4v) is 4.09. The lowest BCUT2D eigenvalue weighted by molar-refractivity contribution is -0.140. The summed E-state index contributed by atoms with van der Waals surface area (Å²) in [6, 6.07) is 1.53. The Bertz CT molecular complexity index is 804. The zero-order chi connectivity index (χ0) is 23.7. The molecule has 1 aromatic heterocycles. The molecule has 6 nitrogen and oxygen atoms in total. The molecule has 1 aromatic rings. The molecule has 0 aromatic carbocycles. The van der Waals surface area contributed by atoms with E-state index in [0.29, 0.717) is 31.7 Å². The van der Waals surface area contributed by atoms with Gasteiger partial charge in [-0.25, -0.2) is 14.2 Å². The van der Waals surface area contributed by atoms with Crippen molar-refractivity contribution in [2.75, 3.05) is 37.6 Å². The first-order chi connectivity index (χ1) is 14.8. The van der Waals surface area contributed by atoms with E-state index in [1.807, 2.05) is 27.7 Å². The summed E-state index contributed by atoms with van der Waals surface area (Å²) in [5.74, 6) is 0. The summed E-state index contributed by atoms with van der Waals surface area (Å²) in [7, 11) is 0. The molecule has 0 spiro atoms. The molecule has 0 bridgehead atoms. The van der Waals surface area contributed by atoms with Crippen LogP contribution in [0, 0.1) is 0 Å². The van der Waals surface area contributed by atoms with Gasteiger partial charge in [0.05, 0.1) is 5.69 Å². The predicted molar refractivity (Wildman–Crippen MR) is 113 cm³/mol. The Balaban J connectivity index is 1.71. The Hall–Kier alpha value is -2.10. The summed E-state index contributed by atoms with van der Waals surface area (Å²) in [5, 5.41) is 0. The Morgan fingerprint density at radius 3 is 2.38 bits per heavy atom. The molecule has 180 valence electrons. The highest BCUT2D eigenvalue weighted by atomic mass is 19.4. The van der Waals surface area contributed by atoms with Crippen LogP contribution in [0.5, 0.6) is 0 Å². The standard InChI is InChI=1S/C22H32F4N4O2/c1-15-13-30(20(31)32-21(2,3)4)10-9-29(15)14-16-11-18(19(27-12-16)22(24,25)26)28-7-5-17(23)6-8-28/h11-12,15,17H,5-10,13-14H2,1-4H3. The van der Waals surface area contributed by atoms with Gasteiger partial charge in [0.25, 0.3) is 0 Å². The molecule has 3 heterocycles. The summed E-state index contributed by atoms with van der Waals surface area (Å²) < 4.78 is 59.6. The molecule has 10 heteroatoms. The second-order valence-corrected chi connectivity index (χ2v) is 9.62. The van der Waals surface area contributed by atoms with E-state index in [9.17, 15) is 22.4 Å². The Morgan fingerprint density at radius 1 is 1.16 bits per heavy atom. The van der Waals surface area contributed by atoms with Crippen LogP contribution in [0.1, 0.15) is 51.8 Å². The van der Waals surface area contributed by atoms with Gasteiger partial charge in [0.15, 0.2) is 5.69 Å². The highest BCUT2D eigenvalue weighted by Crippen LogP contribution is 2.37. The van der Waals surface area contributed by atoms with Gasteiger partial charge in [0, 0.05) is 51.5 Å². The van der Waals surface area contributed by atoms with Crippen LogP contribution in [-0.4, -0.2) is 71.4 Å². The van der Waals surface area contributed by atoms with Crippen molar-refractivity contribution in [2.24, 2.45) is 0 Å². The number of ether oxygens (including phenoxy) is 1. The number of hydrogen-bond acceptors (Lipinski definition) is 5. The number of alkyl halides is 4. The molecule has 2 saturated heterocycles. The molecule has 3 rings (SSSR count). The number of rotatable bonds is 3. The molecule has 0 N–H and O–H groups in total. The topological polar surface area (TPSA) is 48.9 Å². The second kappa shape index (κ2) is 9.41. The first-order valence-corrected chi connectivity index (χ1v) is 11.0. The van der Waals surface area contributed by atoms with E-state index in [0.717, 1.165) is 0 Å². The van der Waals surface area contributed by atoms with Gasteiger partial charge < -0.3 is 14.5 Å². The van der Waals surface area contributed by atoms with Crippen LogP contribution in [0.3, 0.4) is 0 Å². The minimum absolute atomic E-state index is 0.00398. The van der Waals surface area contributed by atoms with Gasteiger partial charge >= 0.3 is 12.3 Å². The summed E-state index contributed by atoms with van der Waals surface area (Å²) >= 11 is 0. The molecule has 0 saturated carbocycles. The zero-order valence-electron chi connectivity index (χ0n) is 19.1. The predicted octanol–water partition coefficient (Wildman–Crippen LogP) is 4.48. The number of pyridine rings is 1. The molecular formula is C22H32F4N4O2. The maximum Gasteiger partial charge on any atom is 0.435 e. The smallest absolute Gasteiger partial charge is 0.435 e. The van der Waals surface area contributed by atoms with E-state index < -0.39 is 23.6 Å². The first-order valence-electron chi connectivity index (χ1n) is 11.0. The van der Waals surface area contributed by atoms with Crippen molar-refractivity contribution in [1.82, 2.24) is 14.8 Å². The van der Waals surface area contributed by atoms with Gasteiger partial charge in [-0.15, -0.1) is 0 Å². The summed E-state index contributed by atoms with van der Waals surface area (Å²) in [6.45, 7) is 9.83. The highest BCUT2D eigenvalue weighted by molar-refractivity contribution is 5.68. The molecule has 2 aliphatic rings. The van der Waals surface area contributed by atoms with E-state index >= 15 is 0 Å². The fourth-order valence-electron chi connectivity index (χ4n) is 4.09. The summed E-state index contributed by atoms with van der Waals surface area (Å²) in [6.07, 6.45) is -4.22. The number of hydrogen-bond donors (Lipinski definition) is 0. The molecule has 1 atom stereocenters. The Morgan fingerprint density at radius 2 is 1.81 bits per heavy atom. The van der Waals surface area contributed by atoms with Crippen molar-refractivity contribution in [3.63, 3.8) is 0 Å². The number of halogens is 4. The summed E-state index contributed by atoms with van der Waals surface area (Å²) in [4.78, 5) is 21.4. The Kier molecular flexibility index (Phi) is 7.21. The molecule has 1 amide bonds. The van der Waals surface area contributed by atoms with Crippen molar-refractivity contribution in [1.29, 1.82) is 0 Å². The van der Waals surface area contributed by atoms with Crippen LogP contribution in [0.25, 0.3) is 0 Å². The first kappa shape index (κ1) is 24.5. The van der Waals surface area contributed by atoms with E-state index in [2.05, 4.69) is 9.88 Å².